The number of likely N-dealkylation sites (tertiary alicyclic amines) is 1. The van der Waals surface area contributed by atoms with Crippen molar-refractivity contribution in [3.63, 3.8) is 0 Å². The van der Waals surface area contributed by atoms with Crippen LogP contribution in [-0.2, 0) is 0 Å². The number of nitrogens with one attached hydrogen (secondary N) is 1. The van der Waals surface area contributed by atoms with Gasteiger partial charge in [0.1, 0.15) is 0 Å². The molecule has 0 bridgehead atoms. The summed E-state index contributed by atoms with van der Waals surface area (Å²) in [7, 11) is 0. The van der Waals surface area contributed by atoms with Gasteiger partial charge in [-0.1, -0.05) is 48.0 Å². The van der Waals surface area contributed by atoms with Crippen LogP contribution in [-0.4, -0.2) is 30.4 Å². The van der Waals surface area contributed by atoms with Gasteiger partial charge >= 0.3 is 0 Å². The van der Waals surface area contributed by atoms with Gasteiger partial charge in [-0.3, -0.25) is 9.69 Å². The molecule has 128 valence electrons. The van der Waals surface area contributed by atoms with E-state index in [9.17, 15) is 4.79 Å². The molecule has 1 saturated heterocycles. The third kappa shape index (κ3) is 4.59. The van der Waals surface area contributed by atoms with Crippen LogP contribution in [0.1, 0.15) is 40.4 Å². The monoisotopic (exact) mass is 344 g/mol. The van der Waals surface area contributed by atoms with Crippen LogP contribution in [0.2, 0.25) is 0 Å². The van der Waals surface area contributed by atoms with Gasteiger partial charge in [0.15, 0.2) is 0 Å². The molecule has 0 aliphatic carbocycles. The van der Waals surface area contributed by atoms with Gasteiger partial charge in [0.05, 0.1) is 6.04 Å². The Morgan fingerprint density at radius 3 is 2.29 bits per heavy atom. The first-order valence-electron chi connectivity index (χ1n) is 8.38. The molecule has 0 radical (unpaired) electrons. The van der Waals surface area contributed by atoms with Gasteiger partial charge in [-0.2, -0.15) is 0 Å². The molecule has 0 saturated carbocycles. The molecule has 4 heteroatoms. The summed E-state index contributed by atoms with van der Waals surface area (Å²) in [4.78, 5) is 14.8. The normalized spacial score (nSPS) is 15.5. The first-order chi connectivity index (χ1) is 11.2. The topological polar surface area (TPSA) is 32.3 Å². The van der Waals surface area contributed by atoms with Crippen LogP contribution in [0.25, 0.3) is 0 Å². The molecule has 3 nitrogen and oxygen atoms in total. The maximum atomic E-state index is 12.3. The van der Waals surface area contributed by atoms with Crippen molar-refractivity contribution in [3.05, 3.63) is 71.3 Å². The third-order valence-corrected chi connectivity index (χ3v) is 4.54. The summed E-state index contributed by atoms with van der Waals surface area (Å²) in [5.41, 5.74) is 3.27. The molecule has 0 spiro atoms. The van der Waals surface area contributed by atoms with Crippen molar-refractivity contribution in [2.24, 2.45) is 0 Å². The molecule has 3 rings (SSSR count). The predicted molar refractivity (Wildman–Crippen MR) is 101 cm³/mol. The minimum Gasteiger partial charge on any atom is -0.350 e. The quantitative estimate of drug-likeness (QED) is 0.889. The molecule has 1 amide bonds. The van der Waals surface area contributed by atoms with Crippen LogP contribution in [0.4, 0.5) is 0 Å². The molecule has 24 heavy (non-hydrogen) atoms. The summed E-state index contributed by atoms with van der Waals surface area (Å²) >= 11 is 0. The second-order valence-electron chi connectivity index (χ2n) is 6.25. The van der Waals surface area contributed by atoms with Crippen LogP contribution in [0, 0.1) is 6.92 Å². The van der Waals surface area contributed by atoms with E-state index in [4.69, 9.17) is 0 Å². The number of aryl methyl sites for hydroxylation is 1. The van der Waals surface area contributed by atoms with Gasteiger partial charge in [0.2, 0.25) is 0 Å². The summed E-state index contributed by atoms with van der Waals surface area (Å²) in [6, 6.07) is 18.4. The molecule has 0 aromatic heterocycles. The Balaban J connectivity index is 0.00000208. The summed E-state index contributed by atoms with van der Waals surface area (Å²) < 4.78 is 0. The van der Waals surface area contributed by atoms with E-state index in [0.29, 0.717) is 6.54 Å². The predicted octanol–water partition coefficient (Wildman–Crippen LogP) is 3.98. The zero-order valence-corrected chi connectivity index (χ0v) is 14.9. The van der Waals surface area contributed by atoms with Crippen molar-refractivity contribution in [3.8, 4) is 0 Å². The fourth-order valence-corrected chi connectivity index (χ4v) is 3.18. The fraction of sp³-hybridized carbons (Fsp3) is 0.350. The van der Waals surface area contributed by atoms with Gasteiger partial charge in [-0.15, -0.1) is 12.4 Å². The highest BCUT2D eigenvalue weighted by molar-refractivity contribution is 5.94. The van der Waals surface area contributed by atoms with Gasteiger partial charge in [-0.05, 0) is 50.6 Å². The fourth-order valence-electron chi connectivity index (χ4n) is 3.18. The zero-order chi connectivity index (χ0) is 16.1. The summed E-state index contributed by atoms with van der Waals surface area (Å²) in [6.45, 7) is 4.97. The molecule has 1 aliphatic heterocycles. The van der Waals surface area contributed by atoms with Gasteiger partial charge in [-0.25, -0.2) is 0 Å². The standard InChI is InChI=1S/C20H24N2O.ClH/c1-16-9-11-17(12-10-16)19(22-13-5-6-14-22)15-21-20(23)18-7-3-2-4-8-18;/h2-4,7-12,19H,5-6,13-15H2,1H3,(H,21,23);1H. The van der Waals surface area contributed by atoms with Crippen LogP contribution in [0.3, 0.4) is 0 Å². The maximum Gasteiger partial charge on any atom is 0.251 e. The summed E-state index contributed by atoms with van der Waals surface area (Å²) in [6.07, 6.45) is 2.49. The largest absolute Gasteiger partial charge is 0.350 e. The van der Waals surface area contributed by atoms with E-state index in [1.54, 1.807) is 0 Å². The van der Waals surface area contributed by atoms with E-state index in [1.165, 1.54) is 24.0 Å². The van der Waals surface area contributed by atoms with Crippen LogP contribution in [0.5, 0.6) is 0 Å². The van der Waals surface area contributed by atoms with E-state index in [0.717, 1.165) is 18.7 Å². The summed E-state index contributed by atoms with van der Waals surface area (Å²) in [5.74, 6) is 0.00177. The van der Waals surface area contributed by atoms with Gasteiger partial charge < -0.3 is 5.32 Å². The number of carbonyl (C=O) groups is 1. The van der Waals surface area contributed by atoms with Crippen LogP contribution >= 0.6 is 12.4 Å². The number of carbonyl (C=O) groups excluding carboxylic acids is 1. The molecular weight excluding hydrogens is 320 g/mol. The SMILES string of the molecule is Cc1ccc(C(CNC(=O)c2ccccc2)N2CCCC2)cc1.Cl. The molecule has 1 fully saturated rings. The van der Waals surface area contributed by atoms with Crippen molar-refractivity contribution in [2.45, 2.75) is 25.8 Å². The molecule has 1 aliphatic rings. The van der Waals surface area contributed by atoms with E-state index < -0.39 is 0 Å². The van der Waals surface area contributed by atoms with E-state index >= 15 is 0 Å². The Bertz CT molecular complexity index is 636. The molecule has 1 heterocycles. The van der Waals surface area contributed by atoms with E-state index in [2.05, 4.69) is 41.4 Å². The second-order valence-corrected chi connectivity index (χ2v) is 6.25. The number of benzene rings is 2. The van der Waals surface area contributed by atoms with Gasteiger partial charge in [0.25, 0.3) is 5.91 Å². The molecule has 2 aromatic carbocycles. The smallest absolute Gasteiger partial charge is 0.251 e. The third-order valence-electron chi connectivity index (χ3n) is 4.54. The highest BCUT2D eigenvalue weighted by Gasteiger charge is 2.24. The number of halogens is 1. The Kier molecular flexibility index (Phi) is 6.83. The summed E-state index contributed by atoms with van der Waals surface area (Å²) in [5, 5.41) is 3.11. The average Bonchev–Trinajstić information content (AvgIpc) is 3.11. The Morgan fingerprint density at radius 1 is 1.04 bits per heavy atom. The molecule has 1 unspecified atom stereocenters. The molecule has 1 N–H and O–H groups in total. The number of hydrogen-bond donors (Lipinski definition) is 1. The van der Waals surface area contributed by atoms with Crippen molar-refractivity contribution in [1.29, 1.82) is 0 Å². The van der Waals surface area contributed by atoms with E-state index in [1.807, 2.05) is 30.3 Å². The lowest BCUT2D eigenvalue weighted by molar-refractivity contribution is 0.0938. The first-order valence-corrected chi connectivity index (χ1v) is 8.38. The minimum atomic E-state index is 0. The lowest BCUT2D eigenvalue weighted by Gasteiger charge is -2.28. The van der Waals surface area contributed by atoms with Crippen molar-refractivity contribution >= 4 is 18.3 Å². The molecule has 1 atom stereocenters. The zero-order valence-electron chi connectivity index (χ0n) is 14.1. The van der Waals surface area contributed by atoms with Crippen LogP contribution in [0.15, 0.2) is 54.6 Å². The number of rotatable bonds is 5. The van der Waals surface area contributed by atoms with Gasteiger partial charge in [0, 0.05) is 12.1 Å². The number of hydrogen-bond acceptors (Lipinski definition) is 2. The Hall–Kier alpha value is -1.84. The van der Waals surface area contributed by atoms with Crippen LogP contribution < -0.4 is 5.32 Å². The Labute approximate surface area is 150 Å². The highest BCUT2D eigenvalue weighted by Crippen LogP contribution is 2.25. The van der Waals surface area contributed by atoms with E-state index in [-0.39, 0.29) is 24.4 Å². The van der Waals surface area contributed by atoms with Crippen molar-refractivity contribution in [1.82, 2.24) is 10.2 Å². The second kappa shape index (κ2) is 8.86. The molecule has 2 aromatic rings. The average molecular weight is 345 g/mol. The molecular formula is C20H25ClN2O. The first kappa shape index (κ1) is 18.5. The lowest BCUT2D eigenvalue weighted by Crippen LogP contribution is -2.36. The van der Waals surface area contributed by atoms with Crippen molar-refractivity contribution in [2.75, 3.05) is 19.6 Å². The van der Waals surface area contributed by atoms with Crippen molar-refractivity contribution < 1.29 is 4.79 Å². The lowest BCUT2D eigenvalue weighted by atomic mass is 10.0. The highest BCUT2D eigenvalue weighted by atomic mass is 35.5. The number of amides is 1. The minimum absolute atomic E-state index is 0. The Morgan fingerprint density at radius 2 is 1.67 bits per heavy atom. The maximum absolute atomic E-state index is 12.3. The number of nitrogens with zero attached hydrogens (tertiary/aromatic N) is 1.